The van der Waals surface area contributed by atoms with Crippen molar-refractivity contribution in [2.75, 3.05) is 19.6 Å². The lowest BCUT2D eigenvalue weighted by molar-refractivity contribution is 0.570. The van der Waals surface area contributed by atoms with Gasteiger partial charge in [0.1, 0.15) is 0 Å². The van der Waals surface area contributed by atoms with Crippen molar-refractivity contribution in [3.63, 3.8) is 0 Å². The maximum absolute atomic E-state index is 4.68. The minimum absolute atomic E-state index is 0. The molecular weight excluding hydrogens is 371 g/mol. The normalized spacial score (nSPS) is 15.2. The first kappa shape index (κ1) is 16.7. The molecule has 1 aliphatic heterocycles. The summed E-state index contributed by atoms with van der Waals surface area (Å²) in [6.45, 7) is 9.45. The Morgan fingerprint density at radius 1 is 1.42 bits per heavy atom. The minimum Gasteiger partial charge on any atom is -0.356 e. The van der Waals surface area contributed by atoms with Gasteiger partial charge in [0, 0.05) is 36.9 Å². The largest absolute Gasteiger partial charge is 0.356 e. The van der Waals surface area contributed by atoms with Crippen LogP contribution in [0.3, 0.4) is 0 Å². The molecule has 108 valence electrons. The average Bonchev–Trinajstić information content (AvgIpc) is 2.79. The van der Waals surface area contributed by atoms with Gasteiger partial charge in [-0.05, 0) is 6.42 Å². The molecule has 2 N–H and O–H groups in total. The molecular formula is C13H23IN4S. The maximum atomic E-state index is 4.68. The van der Waals surface area contributed by atoms with Gasteiger partial charge in [0.15, 0.2) is 5.96 Å². The van der Waals surface area contributed by atoms with E-state index in [0.717, 1.165) is 38.4 Å². The summed E-state index contributed by atoms with van der Waals surface area (Å²) in [7, 11) is 0. The number of nitrogens with one attached hydrogen (secondary N) is 2. The van der Waals surface area contributed by atoms with Crippen molar-refractivity contribution in [3.8, 4) is 0 Å². The number of halogens is 1. The van der Waals surface area contributed by atoms with E-state index < -0.39 is 0 Å². The van der Waals surface area contributed by atoms with Crippen LogP contribution in [0.25, 0.3) is 0 Å². The first-order valence-electron chi connectivity index (χ1n) is 6.53. The van der Waals surface area contributed by atoms with E-state index >= 15 is 0 Å². The molecule has 1 aliphatic rings. The van der Waals surface area contributed by atoms with Gasteiger partial charge in [0.2, 0.25) is 0 Å². The second-order valence-electron chi connectivity index (χ2n) is 5.56. The monoisotopic (exact) mass is 394 g/mol. The molecule has 0 atom stereocenters. The van der Waals surface area contributed by atoms with Gasteiger partial charge in [0.25, 0.3) is 0 Å². The Hall–Kier alpha value is -0.370. The summed E-state index contributed by atoms with van der Waals surface area (Å²) in [5, 5.41) is 9.95. The summed E-state index contributed by atoms with van der Waals surface area (Å²) in [6.07, 6.45) is 2.09. The maximum Gasteiger partial charge on any atom is 0.191 e. The predicted molar refractivity (Wildman–Crippen MR) is 92.9 cm³/mol. The van der Waals surface area contributed by atoms with Gasteiger partial charge in [-0.2, -0.15) is 0 Å². The minimum atomic E-state index is 0. The van der Waals surface area contributed by atoms with E-state index in [1.165, 1.54) is 10.7 Å². The van der Waals surface area contributed by atoms with Gasteiger partial charge < -0.3 is 10.6 Å². The molecule has 0 spiro atoms. The molecule has 19 heavy (non-hydrogen) atoms. The Balaban J connectivity index is 0.00000180. The van der Waals surface area contributed by atoms with E-state index in [0.29, 0.717) is 0 Å². The fraction of sp³-hybridized carbons (Fsp3) is 0.692. The van der Waals surface area contributed by atoms with Gasteiger partial charge in [-0.1, -0.05) is 20.8 Å². The van der Waals surface area contributed by atoms with E-state index in [2.05, 4.69) is 46.8 Å². The fourth-order valence-corrected chi connectivity index (χ4v) is 2.73. The summed E-state index contributed by atoms with van der Waals surface area (Å²) in [4.78, 5) is 9.06. The highest BCUT2D eigenvalue weighted by atomic mass is 127. The quantitative estimate of drug-likeness (QED) is 0.775. The highest BCUT2D eigenvalue weighted by Crippen LogP contribution is 2.23. The zero-order valence-electron chi connectivity index (χ0n) is 11.8. The number of nitrogens with zero attached hydrogens (tertiary/aromatic N) is 2. The van der Waals surface area contributed by atoms with Crippen molar-refractivity contribution in [2.24, 2.45) is 4.99 Å². The molecule has 0 radical (unpaired) electrons. The molecule has 1 aromatic rings. The fourth-order valence-electron chi connectivity index (χ4n) is 1.71. The van der Waals surface area contributed by atoms with Crippen LogP contribution in [0.15, 0.2) is 10.4 Å². The molecule has 0 aliphatic carbocycles. The van der Waals surface area contributed by atoms with E-state index in [9.17, 15) is 0 Å². The van der Waals surface area contributed by atoms with Gasteiger partial charge in [-0.3, -0.25) is 4.99 Å². The number of guanidine groups is 1. The number of rotatable bonds is 3. The molecule has 0 fully saturated rings. The summed E-state index contributed by atoms with van der Waals surface area (Å²) in [6, 6.07) is 0. The van der Waals surface area contributed by atoms with Crippen LogP contribution < -0.4 is 10.6 Å². The summed E-state index contributed by atoms with van der Waals surface area (Å²) in [5.74, 6) is 0.939. The van der Waals surface area contributed by atoms with Crippen LogP contribution in [0.5, 0.6) is 0 Å². The molecule has 4 nitrogen and oxygen atoms in total. The number of aromatic nitrogens is 1. The molecule has 0 unspecified atom stereocenters. The molecule has 0 bridgehead atoms. The first-order chi connectivity index (χ1) is 8.55. The van der Waals surface area contributed by atoms with E-state index in [4.69, 9.17) is 0 Å². The molecule has 1 aromatic heterocycles. The molecule has 2 rings (SSSR count). The van der Waals surface area contributed by atoms with Crippen LogP contribution in [0.2, 0.25) is 0 Å². The highest BCUT2D eigenvalue weighted by Gasteiger charge is 2.17. The van der Waals surface area contributed by atoms with Crippen molar-refractivity contribution in [3.05, 3.63) is 16.1 Å². The lowest BCUT2D eigenvalue weighted by Gasteiger charge is -2.15. The first-order valence-corrected chi connectivity index (χ1v) is 7.41. The Morgan fingerprint density at radius 2 is 2.21 bits per heavy atom. The molecule has 2 heterocycles. The Labute approximate surface area is 136 Å². The second-order valence-corrected chi connectivity index (χ2v) is 6.51. The lowest BCUT2D eigenvalue weighted by atomic mass is 9.93. The summed E-state index contributed by atoms with van der Waals surface area (Å²) in [5.41, 5.74) is 1.34. The van der Waals surface area contributed by atoms with Gasteiger partial charge in [-0.15, -0.1) is 35.3 Å². The van der Waals surface area contributed by atoms with Crippen LogP contribution in [-0.2, 0) is 11.8 Å². The Morgan fingerprint density at radius 3 is 2.79 bits per heavy atom. The average molecular weight is 394 g/mol. The van der Waals surface area contributed by atoms with Crippen LogP contribution in [0.4, 0.5) is 0 Å². The molecule has 6 heteroatoms. The molecule has 0 aromatic carbocycles. The standard InChI is InChI=1S/C13H22N4S.HI/c1-13(2,3)10-9-18-11(17-10)5-8-16-12-14-6-4-7-15-12;/h9H,4-8H2,1-3H3,(H2,14,15,16);1H. The van der Waals surface area contributed by atoms with Crippen molar-refractivity contribution in [2.45, 2.75) is 39.0 Å². The molecule has 0 amide bonds. The van der Waals surface area contributed by atoms with Crippen molar-refractivity contribution >= 4 is 41.3 Å². The van der Waals surface area contributed by atoms with E-state index in [1.54, 1.807) is 11.3 Å². The van der Waals surface area contributed by atoms with Crippen LogP contribution in [0, 0.1) is 0 Å². The second kappa shape index (κ2) is 7.42. The zero-order valence-corrected chi connectivity index (χ0v) is 15.0. The van der Waals surface area contributed by atoms with Crippen molar-refractivity contribution in [1.29, 1.82) is 0 Å². The topological polar surface area (TPSA) is 49.3 Å². The predicted octanol–water partition coefficient (Wildman–Crippen LogP) is 2.54. The summed E-state index contributed by atoms with van der Waals surface area (Å²) >= 11 is 1.75. The third-order valence-electron chi connectivity index (χ3n) is 2.85. The summed E-state index contributed by atoms with van der Waals surface area (Å²) < 4.78 is 0. The van der Waals surface area contributed by atoms with Crippen molar-refractivity contribution in [1.82, 2.24) is 15.6 Å². The Bertz CT molecular complexity index is 423. The van der Waals surface area contributed by atoms with E-state index in [-0.39, 0.29) is 29.4 Å². The van der Waals surface area contributed by atoms with Gasteiger partial charge >= 0.3 is 0 Å². The van der Waals surface area contributed by atoms with E-state index in [1.807, 2.05) is 0 Å². The molecule has 0 saturated carbocycles. The lowest BCUT2D eigenvalue weighted by Crippen LogP contribution is -2.41. The smallest absolute Gasteiger partial charge is 0.191 e. The number of thiazole rings is 1. The van der Waals surface area contributed by atoms with Gasteiger partial charge in [0.05, 0.1) is 10.7 Å². The molecule has 0 saturated heterocycles. The van der Waals surface area contributed by atoms with Crippen molar-refractivity contribution < 1.29 is 0 Å². The van der Waals surface area contributed by atoms with Crippen LogP contribution in [-0.4, -0.2) is 30.6 Å². The third kappa shape index (κ3) is 5.25. The number of hydrogen-bond donors (Lipinski definition) is 2. The SMILES string of the molecule is CC(C)(C)c1csc(CCNC2=NCCCN2)n1.I. The number of hydrogen-bond acceptors (Lipinski definition) is 5. The van der Waals surface area contributed by atoms with Gasteiger partial charge in [-0.25, -0.2) is 4.98 Å². The highest BCUT2D eigenvalue weighted by molar-refractivity contribution is 14.0. The van der Waals surface area contributed by atoms with Crippen LogP contribution in [0.1, 0.15) is 37.9 Å². The van der Waals surface area contributed by atoms with Crippen LogP contribution >= 0.6 is 35.3 Å². The Kier molecular flexibility index (Phi) is 6.52. The number of aliphatic imine (C=N–C) groups is 1. The zero-order chi connectivity index (χ0) is 13.0. The third-order valence-corrected chi connectivity index (χ3v) is 3.76.